The van der Waals surface area contributed by atoms with Crippen LogP contribution in [0.3, 0.4) is 0 Å². The molecule has 6 heteroatoms. The third-order valence-corrected chi connectivity index (χ3v) is 1.91. The molecule has 0 amide bonds. The van der Waals surface area contributed by atoms with Crippen LogP contribution in [0.5, 0.6) is 0 Å². The second kappa shape index (κ2) is 4.14. The molecule has 0 saturated carbocycles. The third-order valence-electron chi connectivity index (χ3n) is 1.59. The molecule has 0 aliphatic heterocycles. The average Bonchev–Trinajstić information content (AvgIpc) is 2.01. The van der Waals surface area contributed by atoms with Gasteiger partial charge in [-0.2, -0.15) is 13.2 Å². The van der Waals surface area contributed by atoms with Crippen LogP contribution in [0.25, 0.3) is 0 Å². The van der Waals surface area contributed by atoms with Crippen LogP contribution < -0.4 is 5.73 Å². The van der Waals surface area contributed by atoms with Crippen molar-refractivity contribution in [2.24, 2.45) is 5.73 Å². The number of nitrogens with two attached hydrogens (primary N) is 1. The van der Waals surface area contributed by atoms with Crippen molar-refractivity contribution in [3.63, 3.8) is 0 Å². The molecule has 0 radical (unpaired) electrons. The van der Waals surface area contributed by atoms with Gasteiger partial charge in [0.15, 0.2) is 0 Å². The van der Waals surface area contributed by atoms with Gasteiger partial charge in [0, 0.05) is 6.20 Å². The molecule has 0 aliphatic rings. The summed E-state index contributed by atoms with van der Waals surface area (Å²) >= 11 is 5.64. The lowest BCUT2D eigenvalue weighted by Crippen LogP contribution is -2.21. The van der Waals surface area contributed by atoms with E-state index in [2.05, 4.69) is 4.98 Å². The minimum Gasteiger partial charge on any atom is -0.322 e. The maximum Gasteiger partial charge on any atom is 0.390 e. The lowest BCUT2D eigenvalue weighted by molar-refractivity contribution is -0.138. The third kappa shape index (κ3) is 3.16. The fourth-order valence-electron chi connectivity index (χ4n) is 1.02. The summed E-state index contributed by atoms with van der Waals surface area (Å²) in [6.07, 6.45) is -4.07. The first-order valence-electron chi connectivity index (χ1n) is 3.83. The highest BCUT2D eigenvalue weighted by atomic mass is 35.5. The molecule has 78 valence electrons. The second-order valence-electron chi connectivity index (χ2n) is 2.80. The standard InChI is InChI=1S/C8H8ClF3N2/c9-5-2-1-3-14-7(5)6(13)4-8(10,11)12/h1-3,6H,4,13H2. The van der Waals surface area contributed by atoms with Crippen LogP contribution in [0.2, 0.25) is 5.02 Å². The van der Waals surface area contributed by atoms with E-state index in [9.17, 15) is 13.2 Å². The van der Waals surface area contributed by atoms with Gasteiger partial charge in [-0.25, -0.2) is 0 Å². The van der Waals surface area contributed by atoms with Crippen LogP contribution in [-0.4, -0.2) is 11.2 Å². The Kier molecular flexibility index (Phi) is 3.34. The lowest BCUT2D eigenvalue weighted by atomic mass is 10.1. The summed E-state index contributed by atoms with van der Waals surface area (Å²) in [5, 5.41) is 0.157. The molecular weight excluding hydrogens is 217 g/mol. The van der Waals surface area contributed by atoms with E-state index in [0.29, 0.717) is 0 Å². The van der Waals surface area contributed by atoms with Crippen LogP contribution in [0.15, 0.2) is 18.3 Å². The van der Waals surface area contributed by atoms with Crippen molar-refractivity contribution >= 4 is 11.6 Å². The summed E-state index contributed by atoms with van der Waals surface area (Å²) in [7, 11) is 0. The Morgan fingerprint density at radius 3 is 2.64 bits per heavy atom. The number of aromatic nitrogens is 1. The number of hydrogen-bond acceptors (Lipinski definition) is 2. The predicted octanol–water partition coefficient (Wildman–Crippen LogP) is 2.69. The molecule has 1 rings (SSSR count). The topological polar surface area (TPSA) is 38.9 Å². The first-order valence-corrected chi connectivity index (χ1v) is 4.20. The molecule has 0 fully saturated rings. The first-order chi connectivity index (χ1) is 6.40. The van der Waals surface area contributed by atoms with Crippen LogP contribution in [0.1, 0.15) is 18.2 Å². The molecule has 1 aromatic heterocycles. The largest absolute Gasteiger partial charge is 0.390 e. The van der Waals surface area contributed by atoms with Gasteiger partial charge in [-0.05, 0) is 12.1 Å². The van der Waals surface area contributed by atoms with Gasteiger partial charge < -0.3 is 5.73 Å². The van der Waals surface area contributed by atoms with Crippen LogP contribution in [0, 0.1) is 0 Å². The number of hydrogen-bond donors (Lipinski definition) is 1. The molecule has 1 unspecified atom stereocenters. The van der Waals surface area contributed by atoms with Gasteiger partial charge >= 0.3 is 6.18 Å². The summed E-state index contributed by atoms with van der Waals surface area (Å²) in [4.78, 5) is 3.71. The second-order valence-corrected chi connectivity index (χ2v) is 3.20. The number of pyridine rings is 1. The van der Waals surface area contributed by atoms with E-state index in [0.717, 1.165) is 0 Å². The molecule has 2 N–H and O–H groups in total. The Hall–Kier alpha value is -0.810. The summed E-state index contributed by atoms with van der Waals surface area (Å²) in [5.74, 6) is 0. The van der Waals surface area contributed by atoms with Gasteiger partial charge in [-0.3, -0.25) is 4.98 Å². The fourth-order valence-corrected chi connectivity index (χ4v) is 1.28. The van der Waals surface area contributed by atoms with Crippen molar-refractivity contribution in [1.29, 1.82) is 0 Å². The molecule has 1 atom stereocenters. The smallest absolute Gasteiger partial charge is 0.322 e. The van der Waals surface area contributed by atoms with E-state index in [-0.39, 0.29) is 10.7 Å². The fraction of sp³-hybridized carbons (Fsp3) is 0.375. The molecule has 2 nitrogen and oxygen atoms in total. The van der Waals surface area contributed by atoms with E-state index >= 15 is 0 Å². The quantitative estimate of drug-likeness (QED) is 0.839. The maximum atomic E-state index is 12.0. The van der Waals surface area contributed by atoms with E-state index in [1.807, 2.05) is 0 Å². The molecule has 1 heterocycles. The van der Waals surface area contributed by atoms with Crippen molar-refractivity contribution in [2.75, 3.05) is 0 Å². The minimum atomic E-state index is -4.31. The van der Waals surface area contributed by atoms with E-state index in [1.54, 1.807) is 0 Å². The molecule has 0 saturated heterocycles. The molecular formula is C8H8ClF3N2. The molecule has 0 bridgehead atoms. The number of alkyl halides is 3. The number of rotatable bonds is 2. The maximum absolute atomic E-state index is 12.0. The van der Waals surface area contributed by atoms with Crippen molar-refractivity contribution in [3.05, 3.63) is 29.0 Å². The summed E-state index contributed by atoms with van der Waals surface area (Å²) in [5.41, 5.74) is 5.39. The summed E-state index contributed by atoms with van der Waals surface area (Å²) in [6.45, 7) is 0. The zero-order chi connectivity index (χ0) is 10.8. The van der Waals surface area contributed by atoms with Crippen molar-refractivity contribution < 1.29 is 13.2 Å². The molecule has 0 aromatic carbocycles. The van der Waals surface area contributed by atoms with Crippen LogP contribution in [0.4, 0.5) is 13.2 Å². The van der Waals surface area contributed by atoms with Crippen LogP contribution >= 0.6 is 11.6 Å². The molecule has 14 heavy (non-hydrogen) atoms. The average molecular weight is 225 g/mol. The van der Waals surface area contributed by atoms with Crippen LogP contribution in [-0.2, 0) is 0 Å². The van der Waals surface area contributed by atoms with E-state index in [1.165, 1.54) is 18.3 Å². The van der Waals surface area contributed by atoms with Crippen molar-refractivity contribution in [3.8, 4) is 0 Å². The van der Waals surface area contributed by atoms with Gasteiger partial charge in [-0.1, -0.05) is 11.6 Å². The molecule has 0 aliphatic carbocycles. The van der Waals surface area contributed by atoms with E-state index < -0.39 is 18.6 Å². The zero-order valence-electron chi connectivity index (χ0n) is 7.05. The monoisotopic (exact) mass is 224 g/mol. The predicted molar refractivity (Wildman–Crippen MR) is 46.8 cm³/mol. The minimum absolute atomic E-state index is 0.0755. The van der Waals surface area contributed by atoms with Crippen molar-refractivity contribution in [2.45, 2.75) is 18.6 Å². The van der Waals surface area contributed by atoms with Gasteiger partial charge in [0.2, 0.25) is 0 Å². The van der Waals surface area contributed by atoms with Crippen molar-refractivity contribution in [1.82, 2.24) is 4.98 Å². The van der Waals surface area contributed by atoms with Gasteiger partial charge in [0.25, 0.3) is 0 Å². The SMILES string of the molecule is NC(CC(F)(F)F)c1ncccc1Cl. The highest BCUT2D eigenvalue weighted by Gasteiger charge is 2.32. The lowest BCUT2D eigenvalue weighted by Gasteiger charge is -2.14. The summed E-state index contributed by atoms with van der Waals surface area (Å²) < 4.78 is 35.9. The Bertz CT molecular complexity index is 314. The molecule has 0 spiro atoms. The Balaban J connectivity index is 2.80. The van der Waals surface area contributed by atoms with Gasteiger partial charge in [-0.15, -0.1) is 0 Å². The Morgan fingerprint density at radius 2 is 2.14 bits per heavy atom. The zero-order valence-corrected chi connectivity index (χ0v) is 7.81. The summed E-state index contributed by atoms with van der Waals surface area (Å²) in [6, 6.07) is 1.79. The highest BCUT2D eigenvalue weighted by Crippen LogP contribution is 2.29. The number of halogens is 4. The van der Waals surface area contributed by atoms with Gasteiger partial charge in [0.05, 0.1) is 23.2 Å². The highest BCUT2D eigenvalue weighted by molar-refractivity contribution is 6.31. The van der Waals surface area contributed by atoms with E-state index in [4.69, 9.17) is 17.3 Å². The number of nitrogens with zero attached hydrogens (tertiary/aromatic N) is 1. The normalized spacial score (nSPS) is 14.1. The first kappa shape index (κ1) is 11.3. The Labute approximate surface area is 83.9 Å². The Morgan fingerprint density at radius 1 is 1.50 bits per heavy atom. The molecule has 1 aromatic rings. The van der Waals surface area contributed by atoms with Gasteiger partial charge in [0.1, 0.15) is 0 Å².